The average Bonchev–Trinajstić information content (AvgIpc) is 2.48. The van der Waals surface area contributed by atoms with Crippen molar-refractivity contribution in [2.24, 2.45) is 5.73 Å². The number of nitrogens with two attached hydrogens (primary N) is 1. The molecule has 0 spiro atoms. The van der Waals surface area contributed by atoms with E-state index in [1.165, 1.54) is 0 Å². The Kier molecular flexibility index (Phi) is 7.36. The molecule has 114 valence electrons. The van der Waals surface area contributed by atoms with Crippen molar-refractivity contribution in [2.45, 2.75) is 12.5 Å². The van der Waals surface area contributed by atoms with Gasteiger partial charge >= 0.3 is 0 Å². The minimum atomic E-state index is 0.159. The number of nitrogens with zero attached hydrogens (tertiary/aromatic N) is 1. The van der Waals surface area contributed by atoms with Crippen LogP contribution in [0, 0.1) is 0 Å². The minimum Gasteiger partial charge on any atom is -0.493 e. The van der Waals surface area contributed by atoms with Gasteiger partial charge in [0, 0.05) is 32.8 Å². The molecule has 1 unspecified atom stereocenters. The molecule has 0 aromatic heterocycles. The number of ether oxygens (including phenoxy) is 3. The Morgan fingerprint density at radius 2 is 1.85 bits per heavy atom. The number of likely N-dealkylation sites (N-methyl/N-ethyl adjacent to an activating group) is 1. The second-order valence-electron chi connectivity index (χ2n) is 4.69. The highest BCUT2D eigenvalue weighted by Crippen LogP contribution is 2.31. The molecule has 0 radical (unpaired) electrons. The van der Waals surface area contributed by atoms with Crippen LogP contribution in [0.4, 0.5) is 0 Å². The lowest BCUT2D eigenvalue weighted by molar-refractivity contribution is 0.166. The van der Waals surface area contributed by atoms with Crippen molar-refractivity contribution < 1.29 is 14.2 Å². The molecule has 0 bridgehead atoms. The molecule has 20 heavy (non-hydrogen) atoms. The maximum absolute atomic E-state index is 5.93. The van der Waals surface area contributed by atoms with Crippen LogP contribution in [0.3, 0.4) is 0 Å². The monoisotopic (exact) mass is 282 g/mol. The van der Waals surface area contributed by atoms with Gasteiger partial charge in [0.1, 0.15) is 0 Å². The number of hydrogen-bond donors (Lipinski definition) is 1. The van der Waals surface area contributed by atoms with Crippen LogP contribution >= 0.6 is 0 Å². The van der Waals surface area contributed by atoms with Gasteiger partial charge in [-0.2, -0.15) is 0 Å². The highest BCUT2D eigenvalue weighted by atomic mass is 16.5. The van der Waals surface area contributed by atoms with Gasteiger partial charge in [-0.3, -0.25) is 4.90 Å². The zero-order valence-corrected chi connectivity index (χ0v) is 12.9. The zero-order valence-electron chi connectivity index (χ0n) is 12.9. The smallest absolute Gasteiger partial charge is 0.161 e. The molecule has 0 saturated carbocycles. The molecule has 0 heterocycles. The van der Waals surface area contributed by atoms with E-state index in [1.807, 2.05) is 18.2 Å². The Hall–Kier alpha value is -1.30. The van der Waals surface area contributed by atoms with E-state index in [9.17, 15) is 0 Å². The fourth-order valence-corrected chi connectivity index (χ4v) is 2.24. The molecule has 0 aliphatic rings. The summed E-state index contributed by atoms with van der Waals surface area (Å²) in [7, 11) is 7.06. The number of benzene rings is 1. The Morgan fingerprint density at radius 1 is 1.15 bits per heavy atom. The summed E-state index contributed by atoms with van der Waals surface area (Å²) >= 11 is 0. The molecule has 5 nitrogen and oxygen atoms in total. The van der Waals surface area contributed by atoms with Crippen molar-refractivity contribution in [1.29, 1.82) is 0 Å². The van der Waals surface area contributed by atoms with Crippen molar-refractivity contribution in [3.05, 3.63) is 23.8 Å². The third-order valence-electron chi connectivity index (χ3n) is 3.41. The Bertz CT molecular complexity index is 399. The Balaban J connectivity index is 2.83. The van der Waals surface area contributed by atoms with E-state index in [0.29, 0.717) is 6.54 Å². The van der Waals surface area contributed by atoms with Crippen molar-refractivity contribution >= 4 is 0 Å². The van der Waals surface area contributed by atoms with E-state index in [4.69, 9.17) is 19.9 Å². The molecule has 1 atom stereocenters. The maximum Gasteiger partial charge on any atom is 0.161 e. The van der Waals surface area contributed by atoms with Gasteiger partial charge in [0.05, 0.1) is 14.2 Å². The first kappa shape index (κ1) is 16.8. The Morgan fingerprint density at radius 3 is 2.40 bits per heavy atom. The normalized spacial score (nSPS) is 12.5. The van der Waals surface area contributed by atoms with Crippen LogP contribution in [-0.4, -0.2) is 53.0 Å². The first-order chi connectivity index (χ1) is 9.67. The van der Waals surface area contributed by atoms with Gasteiger partial charge in [0.25, 0.3) is 0 Å². The maximum atomic E-state index is 5.93. The number of rotatable bonds is 9. The van der Waals surface area contributed by atoms with Crippen LogP contribution in [0.5, 0.6) is 11.5 Å². The van der Waals surface area contributed by atoms with Crippen LogP contribution < -0.4 is 15.2 Å². The average molecular weight is 282 g/mol. The summed E-state index contributed by atoms with van der Waals surface area (Å²) in [5, 5.41) is 0. The van der Waals surface area contributed by atoms with Gasteiger partial charge < -0.3 is 19.9 Å². The second-order valence-corrected chi connectivity index (χ2v) is 4.69. The van der Waals surface area contributed by atoms with Crippen LogP contribution in [0.15, 0.2) is 18.2 Å². The van der Waals surface area contributed by atoms with E-state index < -0.39 is 0 Å². The second kappa shape index (κ2) is 8.79. The standard InChI is InChI=1S/C15H26N2O3/c1-17(8-5-9-18-2)13(11-16)12-6-7-14(19-3)15(10-12)20-4/h6-7,10,13H,5,8-9,11,16H2,1-4H3. The van der Waals surface area contributed by atoms with E-state index in [0.717, 1.165) is 36.6 Å². The first-order valence-electron chi connectivity index (χ1n) is 6.79. The molecule has 1 aromatic rings. The van der Waals surface area contributed by atoms with Gasteiger partial charge in [0.15, 0.2) is 11.5 Å². The van der Waals surface area contributed by atoms with E-state index in [1.54, 1.807) is 21.3 Å². The number of methoxy groups -OCH3 is 3. The van der Waals surface area contributed by atoms with Crippen LogP contribution in [-0.2, 0) is 4.74 Å². The summed E-state index contributed by atoms with van der Waals surface area (Å²) in [6.45, 7) is 2.25. The molecule has 0 aliphatic heterocycles. The van der Waals surface area contributed by atoms with Crippen LogP contribution in [0.2, 0.25) is 0 Å². The molecule has 0 fully saturated rings. The van der Waals surface area contributed by atoms with E-state index >= 15 is 0 Å². The van der Waals surface area contributed by atoms with Crippen molar-refractivity contribution in [1.82, 2.24) is 4.90 Å². The quantitative estimate of drug-likeness (QED) is 0.698. The molecule has 1 rings (SSSR count). The SMILES string of the molecule is COCCCN(C)C(CN)c1ccc(OC)c(OC)c1. The van der Waals surface area contributed by atoms with E-state index in [-0.39, 0.29) is 6.04 Å². The third kappa shape index (κ3) is 4.37. The first-order valence-corrected chi connectivity index (χ1v) is 6.79. The van der Waals surface area contributed by atoms with Gasteiger partial charge in [-0.25, -0.2) is 0 Å². The summed E-state index contributed by atoms with van der Waals surface area (Å²) in [5.41, 5.74) is 7.06. The van der Waals surface area contributed by atoms with Gasteiger partial charge in [-0.1, -0.05) is 6.07 Å². The third-order valence-corrected chi connectivity index (χ3v) is 3.41. The molecule has 0 aliphatic carbocycles. The van der Waals surface area contributed by atoms with Gasteiger partial charge in [0.2, 0.25) is 0 Å². The van der Waals surface area contributed by atoms with Crippen LogP contribution in [0.25, 0.3) is 0 Å². The van der Waals surface area contributed by atoms with E-state index in [2.05, 4.69) is 11.9 Å². The molecule has 5 heteroatoms. The van der Waals surface area contributed by atoms with Gasteiger partial charge in [-0.05, 0) is 31.2 Å². The predicted molar refractivity (Wildman–Crippen MR) is 80.5 cm³/mol. The predicted octanol–water partition coefficient (Wildman–Crippen LogP) is 1.67. The van der Waals surface area contributed by atoms with Crippen LogP contribution in [0.1, 0.15) is 18.0 Å². The fourth-order valence-electron chi connectivity index (χ4n) is 2.24. The van der Waals surface area contributed by atoms with Crippen molar-refractivity contribution in [3.8, 4) is 11.5 Å². The lowest BCUT2D eigenvalue weighted by atomic mass is 10.0. The molecule has 2 N–H and O–H groups in total. The largest absolute Gasteiger partial charge is 0.493 e. The minimum absolute atomic E-state index is 0.159. The topological polar surface area (TPSA) is 57.0 Å². The van der Waals surface area contributed by atoms with Gasteiger partial charge in [-0.15, -0.1) is 0 Å². The Labute approximate surface area is 121 Å². The molecule has 0 amide bonds. The zero-order chi connectivity index (χ0) is 15.0. The van der Waals surface area contributed by atoms with Crippen molar-refractivity contribution in [2.75, 3.05) is 48.1 Å². The summed E-state index contributed by atoms with van der Waals surface area (Å²) in [4.78, 5) is 2.24. The summed E-state index contributed by atoms with van der Waals surface area (Å²) in [6, 6.07) is 6.10. The summed E-state index contributed by atoms with van der Waals surface area (Å²) < 4.78 is 15.7. The molecule has 1 aromatic carbocycles. The highest BCUT2D eigenvalue weighted by Gasteiger charge is 2.17. The summed E-state index contributed by atoms with van der Waals surface area (Å²) in [6.07, 6.45) is 0.983. The molecule has 0 saturated heterocycles. The lowest BCUT2D eigenvalue weighted by Gasteiger charge is -2.27. The fraction of sp³-hybridized carbons (Fsp3) is 0.600. The highest BCUT2D eigenvalue weighted by molar-refractivity contribution is 5.43. The molecular weight excluding hydrogens is 256 g/mol. The number of hydrogen-bond acceptors (Lipinski definition) is 5. The molecular formula is C15H26N2O3. The summed E-state index contributed by atoms with van der Waals surface area (Å²) in [5.74, 6) is 1.46. The lowest BCUT2D eigenvalue weighted by Crippen LogP contribution is -2.31. The van der Waals surface area contributed by atoms with Crippen molar-refractivity contribution in [3.63, 3.8) is 0 Å².